The standard InChI is InChI=1S/C24H22ClN3O3/c1-16-7-8-17(2)21(13-16)27-23(29)15-31-22-6-4-3-5-19(22)14-26-28-24(30)18-9-11-20(25)12-10-18/h3-14H,15H2,1-2H3,(H,27,29)(H,28,30)/b26-14+. The first-order chi connectivity index (χ1) is 14.9. The molecule has 0 saturated carbocycles. The predicted octanol–water partition coefficient (Wildman–Crippen LogP) is 4.74. The molecular weight excluding hydrogens is 414 g/mol. The van der Waals surface area contributed by atoms with Crippen molar-refractivity contribution in [2.75, 3.05) is 11.9 Å². The van der Waals surface area contributed by atoms with Crippen molar-refractivity contribution >= 4 is 35.3 Å². The minimum atomic E-state index is -0.362. The molecule has 3 aromatic carbocycles. The minimum Gasteiger partial charge on any atom is -0.483 e. The molecule has 0 saturated heterocycles. The molecule has 0 aliphatic carbocycles. The maximum absolute atomic E-state index is 12.3. The molecule has 2 amide bonds. The third kappa shape index (κ3) is 6.42. The van der Waals surface area contributed by atoms with E-state index in [1.165, 1.54) is 6.21 Å². The summed E-state index contributed by atoms with van der Waals surface area (Å²) >= 11 is 5.83. The Labute approximate surface area is 185 Å². The number of amides is 2. The number of hydrogen-bond donors (Lipinski definition) is 2. The van der Waals surface area contributed by atoms with E-state index >= 15 is 0 Å². The number of carbonyl (C=O) groups excluding carboxylic acids is 2. The van der Waals surface area contributed by atoms with E-state index in [2.05, 4.69) is 15.8 Å². The van der Waals surface area contributed by atoms with Gasteiger partial charge < -0.3 is 10.1 Å². The average Bonchev–Trinajstić information content (AvgIpc) is 2.76. The summed E-state index contributed by atoms with van der Waals surface area (Å²) in [4.78, 5) is 24.4. The zero-order chi connectivity index (χ0) is 22.2. The molecule has 0 atom stereocenters. The third-order valence-corrected chi connectivity index (χ3v) is 4.67. The molecule has 0 aliphatic heterocycles. The first kappa shape index (κ1) is 22.1. The molecule has 31 heavy (non-hydrogen) atoms. The number of aryl methyl sites for hydroxylation is 2. The normalized spacial score (nSPS) is 10.7. The minimum absolute atomic E-state index is 0.157. The number of ether oxygens (including phenoxy) is 1. The van der Waals surface area contributed by atoms with Crippen LogP contribution in [-0.4, -0.2) is 24.6 Å². The number of rotatable bonds is 7. The summed E-state index contributed by atoms with van der Waals surface area (Å²) in [7, 11) is 0. The Morgan fingerprint density at radius 2 is 1.77 bits per heavy atom. The van der Waals surface area contributed by atoms with Crippen LogP contribution in [0.2, 0.25) is 5.02 Å². The van der Waals surface area contributed by atoms with E-state index < -0.39 is 0 Å². The lowest BCUT2D eigenvalue weighted by Crippen LogP contribution is -2.21. The summed E-state index contributed by atoms with van der Waals surface area (Å²) in [5.74, 6) is -0.154. The molecule has 0 radical (unpaired) electrons. The van der Waals surface area contributed by atoms with Gasteiger partial charge in [0.05, 0.1) is 6.21 Å². The van der Waals surface area contributed by atoms with E-state index in [-0.39, 0.29) is 18.4 Å². The summed E-state index contributed by atoms with van der Waals surface area (Å²) in [6, 6.07) is 19.4. The highest BCUT2D eigenvalue weighted by Crippen LogP contribution is 2.18. The molecule has 0 heterocycles. The SMILES string of the molecule is Cc1ccc(C)c(NC(=O)COc2ccccc2/C=N/NC(=O)c2ccc(Cl)cc2)c1. The van der Waals surface area contributed by atoms with E-state index in [0.29, 0.717) is 21.9 Å². The van der Waals surface area contributed by atoms with Crippen molar-refractivity contribution in [2.24, 2.45) is 5.10 Å². The van der Waals surface area contributed by atoms with Crippen LogP contribution in [0, 0.1) is 13.8 Å². The lowest BCUT2D eigenvalue weighted by molar-refractivity contribution is -0.118. The van der Waals surface area contributed by atoms with Crippen molar-refractivity contribution < 1.29 is 14.3 Å². The van der Waals surface area contributed by atoms with Crippen LogP contribution in [0.25, 0.3) is 0 Å². The van der Waals surface area contributed by atoms with Crippen LogP contribution in [0.15, 0.2) is 71.8 Å². The Kier molecular flexibility index (Phi) is 7.40. The van der Waals surface area contributed by atoms with Crippen molar-refractivity contribution in [3.05, 3.63) is 94.0 Å². The average molecular weight is 436 g/mol. The molecule has 158 valence electrons. The highest BCUT2D eigenvalue weighted by atomic mass is 35.5. The Balaban J connectivity index is 1.59. The summed E-state index contributed by atoms with van der Waals surface area (Å²) in [6.07, 6.45) is 1.46. The van der Waals surface area contributed by atoms with Crippen LogP contribution in [0.1, 0.15) is 27.0 Å². The van der Waals surface area contributed by atoms with Gasteiger partial charge in [0.15, 0.2) is 6.61 Å². The number of carbonyl (C=O) groups is 2. The summed E-state index contributed by atoms with van der Waals surface area (Å²) < 4.78 is 5.67. The number of benzene rings is 3. The highest BCUT2D eigenvalue weighted by Gasteiger charge is 2.08. The number of hydrogen-bond acceptors (Lipinski definition) is 4. The first-order valence-corrected chi connectivity index (χ1v) is 9.98. The number of hydrazone groups is 1. The summed E-state index contributed by atoms with van der Waals surface area (Å²) in [5, 5.41) is 7.38. The Morgan fingerprint density at radius 1 is 1.03 bits per heavy atom. The highest BCUT2D eigenvalue weighted by molar-refractivity contribution is 6.30. The summed E-state index contributed by atoms with van der Waals surface area (Å²) in [5.41, 5.74) is 6.31. The quantitative estimate of drug-likeness (QED) is 0.415. The molecule has 3 aromatic rings. The largest absolute Gasteiger partial charge is 0.483 e. The number of para-hydroxylation sites is 1. The maximum atomic E-state index is 12.3. The number of halogens is 1. The van der Waals surface area contributed by atoms with E-state index in [1.807, 2.05) is 38.1 Å². The lowest BCUT2D eigenvalue weighted by Gasteiger charge is -2.11. The zero-order valence-electron chi connectivity index (χ0n) is 17.2. The molecule has 0 aliphatic rings. The second-order valence-corrected chi connectivity index (χ2v) is 7.34. The molecule has 0 bridgehead atoms. The molecule has 0 fully saturated rings. The lowest BCUT2D eigenvalue weighted by atomic mass is 10.1. The molecule has 0 spiro atoms. The Morgan fingerprint density at radius 3 is 2.55 bits per heavy atom. The zero-order valence-corrected chi connectivity index (χ0v) is 17.9. The molecule has 3 rings (SSSR count). The van der Waals surface area contributed by atoms with E-state index in [0.717, 1.165) is 16.8 Å². The van der Waals surface area contributed by atoms with Gasteiger partial charge in [-0.1, -0.05) is 35.9 Å². The molecule has 6 nitrogen and oxygen atoms in total. The molecular formula is C24H22ClN3O3. The smallest absolute Gasteiger partial charge is 0.271 e. The number of nitrogens with zero attached hydrogens (tertiary/aromatic N) is 1. The van der Waals surface area contributed by atoms with Gasteiger partial charge in [-0.3, -0.25) is 9.59 Å². The van der Waals surface area contributed by atoms with Gasteiger partial charge in [-0.2, -0.15) is 5.10 Å². The van der Waals surface area contributed by atoms with Gasteiger partial charge in [-0.25, -0.2) is 5.43 Å². The Bertz CT molecular complexity index is 1110. The molecule has 0 aromatic heterocycles. The van der Waals surface area contributed by atoms with Crippen LogP contribution in [-0.2, 0) is 4.79 Å². The molecule has 0 unspecified atom stereocenters. The first-order valence-electron chi connectivity index (χ1n) is 9.60. The van der Waals surface area contributed by atoms with Gasteiger partial charge >= 0.3 is 0 Å². The molecule has 2 N–H and O–H groups in total. The summed E-state index contributed by atoms with van der Waals surface area (Å²) in [6.45, 7) is 3.74. The number of nitrogens with one attached hydrogen (secondary N) is 2. The molecule has 7 heteroatoms. The van der Waals surface area contributed by atoms with Crippen molar-refractivity contribution in [2.45, 2.75) is 13.8 Å². The van der Waals surface area contributed by atoms with Crippen molar-refractivity contribution in [3.63, 3.8) is 0 Å². The maximum Gasteiger partial charge on any atom is 0.271 e. The number of anilines is 1. The van der Waals surface area contributed by atoms with Crippen LogP contribution in [0.3, 0.4) is 0 Å². The topological polar surface area (TPSA) is 79.8 Å². The van der Waals surface area contributed by atoms with Gasteiger partial charge in [-0.05, 0) is 67.4 Å². The van der Waals surface area contributed by atoms with Crippen molar-refractivity contribution in [1.29, 1.82) is 0 Å². The van der Waals surface area contributed by atoms with E-state index in [4.69, 9.17) is 16.3 Å². The van der Waals surface area contributed by atoms with Crippen molar-refractivity contribution in [1.82, 2.24) is 5.43 Å². The van der Waals surface area contributed by atoms with E-state index in [9.17, 15) is 9.59 Å². The van der Waals surface area contributed by atoms with Gasteiger partial charge in [0.25, 0.3) is 11.8 Å². The van der Waals surface area contributed by atoms with Gasteiger partial charge in [0, 0.05) is 21.8 Å². The second kappa shape index (κ2) is 10.4. The van der Waals surface area contributed by atoms with Gasteiger partial charge in [-0.15, -0.1) is 0 Å². The van der Waals surface area contributed by atoms with Crippen LogP contribution >= 0.6 is 11.6 Å². The fraction of sp³-hybridized carbons (Fsp3) is 0.125. The monoisotopic (exact) mass is 435 g/mol. The third-order valence-electron chi connectivity index (χ3n) is 4.42. The van der Waals surface area contributed by atoms with Gasteiger partial charge in [0.2, 0.25) is 0 Å². The second-order valence-electron chi connectivity index (χ2n) is 6.90. The van der Waals surface area contributed by atoms with Crippen LogP contribution in [0.4, 0.5) is 5.69 Å². The van der Waals surface area contributed by atoms with E-state index in [1.54, 1.807) is 42.5 Å². The van der Waals surface area contributed by atoms with Gasteiger partial charge in [0.1, 0.15) is 5.75 Å². The fourth-order valence-corrected chi connectivity index (χ4v) is 2.87. The Hall–Kier alpha value is -3.64. The van der Waals surface area contributed by atoms with Crippen molar-refractivity contribution in [3.8, 4) is 5.75 Å². The van der Waals surface area contributed by atoms with Crippen LogP contribution < -0.4 is 15.5 Å². The fourth-order valence-electron chi connectivity index (χ4n) is 2.74. The van der Waals surface area contributed by atoms with Crippen LogP contribution in [0.5, 0.6) is 5.75 Å². The predicted molar refractivity (Wildman–Crippen MR) is 123 cm³/mol.